The number of rotatable bonds is 7. The van der Waals surface area contributed by atoms with Crippen molar-refractivity contribution < 1.29 is 9.59 Å². The second-order valence-electron chi connectivity index (χ2n) is 6.25. The van der Waals surface area contributed by atoms with Gasteiger partial charge in [-0.25, -0.2) is 4.98 Å². The highest BCUT2D eigenvalue weighted by Crippen LogP contribution is 2.16. The lowest BCUT2D eigenvalue weighted by Gasteiger charge is -2.19. The first-order valence-electron chi connectivity index (χ1n) is 8.37. The van der Waals surface area contributed by atoms with Crippen molar-refractivity contribution >= 4 is 11.7 Å². The number of nitrogens with one attached hydrogen (secondary N) is 1. The first-order valence-corrected chi connectivity index (χ1v) is 8.37. The third-order valence-electron chi connectivity index (χ3n) is 3.80. The minimum Gasteiger partial charge on any atom is -0.341 e. The summed E-state index contributed by atoms with van der Waals surface area (Å²) in [6.45, 7) is 5.89. The second kappa shape index (κ2) is 8.39. The molecule has 2 rings (SSSR count). The van der Waals surface area contributed by atoms with E-state index in [1.165, 1.54) is 0 Å². The normalized spacial score (nSPS) is 12.0. The molecular weight excluding hydrogens is 300 g/mol. The van der Waals surface area contributed by atoms with Gasteiger partial charge in [0.15, 0.2) is 5.78 Å². The van der Waals surface area contributed by atoms with E-state index in [1.54, 1.807) is 6.07 Å². The molecule has 24 heavy (non-hydrogen) atoms. The molecule has 0 aliphatic carbocycles. The number of Topliss-reactive ketones (excluding diaryl/α,β-unsaturated/α-hetero) is 1. The van der Waals surface area contributed by atoms with Gasteiger partial charge < -0.3 is 5.32 Å². The van der Waals surface area contributed by atoms with Gasteiger partial charge in [-0.05, 0) is 24.5 Å². The van der Waals surface area contributed by atoms with E-state index in [2.05, 4.69) is 10.3 Å². The van der Waals surface area contributed by atoms with E-state index < -0.39 is 6.04 Å². The van der Waals surface area contributed by atoms with Crippen molar-refractivity contribution in [2.75, 3.05) is 0 Å². The molecule has 0 fully saturated rings. The summed E-state index contributed by atoms with van der Waals surface area (Å²) in [4.78, 5) is 29.0. The topological polar surface area (TPSA) is 59.1 Å². The summed E-state index contributed by atoms with van der Waals surface area (Å²) in [5.74, 6) is 0.0749. The number of pyridine rings is 1. The Kier molecular flexibility index (Phi) is 6.24. The second-order valence-corrected chi connectivity index (χ2v) is 6.25. The lowest BCUT2D eigenvalue weighted by atomic mass is 9.99. The number of amides is 1. The average Bonchev–Trinajstić information content (AvgIpc) is 2.61. The lowest BCUT2D eigenvalue weighted by molar-refractivity contribution is -0.120. The molecule has 0 radical (unpaired) electrons. The molecule has 1 atom stereocenters. The van der Waals surface area contributed by atoms with Crippen molar-refractivity contribution in [3.05, 3.63) is 54.2 Å². The van der Waals surface area contributed by atoms with E-state index in [4.69, 9.17) is 0 Å². The van der Waals surface area contributed by atoms with E-state index >= 15 is 0 Å². The highest BCUT2D eigenvalue weighted by Gasteiger charge is 2.21. The highest BCUT2D eigenvalue weighted by atomic mass is 16.2. The van der Waals surface area contributed by atoms with Gasteiger partial charge >= 0.3 is 0 Å². The smallest absolute Gasteiger partial charge is 0.270 e. The van der Waals surface area contributed by atoms with Gasteiger partial charge in [-0.2, -0.15) is 0 Å². The predicted octanol–water partition coefficient (Wildman–Crippen LogP) is 3.87. The van der Waals surface area contributed by atoms with Crippen molar-refractivity contribution in [3.8, 4) is 11.3 Å². The van der Waals surface area contributed by atoms with Crippen LogP contribution in [0.3, 0.4) is 0 Å². The number of carbonyl (C=O) groups excluding carboxylic acids is 2. The predicted molar refractivity (Wildman–Crippen MR) is 95.7 cm³/mol. The quantitative estimate of drug-likeness (QED) is 0.841. The van der Waals surface area contributed by atoms with Gasteiger partial charge in [-0.1, -0.05) is 57.2 Å². The van der Waals surface area contributed by atoms with E-state index in [0.29, 0.717) is 24.5 Å². The van der Waals surface area contributed by atoms with Crippen LogP contribution in [0.4, 0.5) is 0 Å². The van der Waals surface area contributed by atoms with Crippen LogP contribution in [-0.2, 0) is 4.79 Å². The van der Waals surface area contributed by atoms with Gasteiger partial charge in [0.1, 0.15) is 5.69 Å². The molecule has 0 saturated heterocycles. The van der Waals surface area contributed by atoms with E-state index in [0.717, 1.165) is 11.3 Å². The minimum absolute atomic E-state index is 0.0521. The van der Waals surface area contributed by atoms with Gasteiger partial charge in [0.2, 0.25) is 0 Å². The van der Waals surface area contributed by atoms with Crippen LogP contribution in [-0.4, -0.2) is 22.7 Å². The molecule has 1 N–H and O–H groups in total. The average molecular weight is 324 g/mol. The van der Waals surface area contributed by atoms with Crippen LogP contribution in [0.1, 0.15) is 44.1 Å². The third kappa shape index (κ3) is 4.75. The first-order chi connectivity index (χ1) is 11.5. The Hall–Kier alpha value is -2.49. The van der Waals surface area contributed by atoms with Crippen LogP contribution in [0.2, 0.25) is 0 Å². The number of carbonyl (C=O) groups is 2. The molecule has 1 aromatic carbocycles. The molecule has 0 aliphatic rings. The van der Waals surface area contributed by atoms with Gasteiger partial charge in [-0.3, -0.25) is 9.59 Å². The Morgan fingerprint density at radius 3 is 2.38 bits per heavy atom. The largest absolute Gasteiger partial charge is 0.341 e. The maximum Gasteiger partial charge on any atom is 0.270 e. The van der Waals surface area contributed by atoms with E-state index in [1.807, 2.05) is 63.2 Å². The van der Waals surface area contributed by atoms with Crippen LogP contribution in [0, 0.1) is 5.92 Å². The standard InChI is InChI=1S/C20H24N2O2/c1-4-19(23)18(13-14(2)3)22-20(24)17-12-8-11-16(21-17)15-9-6-5-7-10-15/h5-12,14,18H,4,13H2,1-3H3,(H,22,24)/t18-/m0/s1. The zero-order valence-electron chi connectivity index (χ0n) is 14.5. The first kappa shape index (κ1) is 17.9. The van der Waals surface area contributed by atoms with Crippen molar-refractivity contribution in [2.24, 2.45) is 5.92 Å². The SMILES string of the molecule is CCC(=O)[C@H](CC(C)C)NC(=O)c1cccc(-c2ccccc2)n1. The maximum absolute atomic E-state index is 12.5. The Morgan fingerprint density at radius 1 is 1.04 bits per heavy atom. The summed E-state index contributed by atoms with van der Waals surface area (Å²) in [5, 5.41) is 2.84. The maximum atomic E-state index is 12.5. The molecule has 1 aromatic heterocycles. The summed E-state index contributed by atoms with van der Waals surface area (Å²) < 4.78 is 0. The number of ketones is 1. The van der Waals surface area contributed by atoms with Crippen LogP contribution >= 0.6 is 0 Å². The summed E-state index contributed by atoms with van der Waals surface area (Å²) in [6, 6.07) is 14.6. The molecule has 0 aliphatic heterocycles. The van der Waals surface area contributed by atoms with Gasteiger partial charge in [-0.15, -0.1) is 0 Å². The Labute approximate surface area is 143 Å². The lowest BCUT2D eigenvalue weighted by Crippen LogP contribution is -2.41. The minimum atomic E-state index is -0.454. The molecule has 1 amide bonds. The number of hydrogen-bond acceptors (Lipinski definition) is 3. The van der Waals surface area contributed by atoms with Gasteiger partial charge in [0.05, 0.1) is 11.7 Å². The molecule has 0 spiro atoms. The third-order valence-corrected chi connectivity index (χ3v) is 3.80. The number of aromatic nitrogens is 1. The summed E-state index contributed by atoms with van der Waals surface area (Å²) in [6.07, 6.45) is 1.05. The number of nitrogens with zero attached hydrogens (tertiary/aromatic N) is 1. The number of benzene rings is 1. The zero-order valence-corrected chi connectivity index (χ0v) is 14.5. The van der Waals surface area contributed by atoms with Gasteiger partial charge in [0, 0.05) is 12.0 Å². The van der Waals surface area contributed by atoms with Crippen LogP contribution in [0.25, 0.3) is 11.3 Å². The van der Waals surface area contributed by atoms with Crippen molar-refractivity contribution in [2.45, 2.75) is 39.7 Å². The Morgan fingerprint density at radius 2 is 1.75 bits per heavy atom. The van der Waals surface area contributed by atoms with Gasteiger partial charge in [0.25, 0.3) is 5.91 Å². The Balaban J connectivity index is 2.18. The molecule has 2 aromatic rings. The summed E-state index contributed by atoms with van der Waals surface area (Å²) >= 11 is 0. The molecule has 4 heteroatoms. The molecule has 4 nitrogen and oxygen atoms in total. The van der Waals surface area contributed by atoms with Crippen LogP contribution < -0.4 is 5.32 Å². The number of hydrogen-bond donors (Lipinski definition) is 1. The van der Waals surface area contributed by atoms with Crippen molar-refractivity contribution in [1.82, 2.24) is 10.3 Å². The van der Waals surface area contributed by atoms with Crippen LogP contribution in [0.15, 0.2) is 48.5 Å². The molecule has 1 heterocycles. The fourth-order valence-corrected chi connectivity index (χ4v) is 2.55. The summed E-state index contributed by atoms with van der Waals surface area (Å²) in [7, 11) is 0. The zero-order chi connectivity index (χ0) is 17.5. The van der Waals surface area contributed by atoms with Crippen molar-refractivity contribution in [3.63, 3.8) is 0 Å². The molecular formula is C20H24N2O2. The fourth-order valence-electron chi connectivity index (χ4n) is 2.55. The molecule has 0 unspecified atom stereocenters. The van der Waals surface area contributed by atoms with E-state index in [9.17, 15) is 9.59 Å². The van der Waals surface area contributed by atoms with Crippen molar-refractivity contribution in [1.29, 1.82) is 0 Å². The monoisotopic (exact) mass is 324 g/mol. The molecule has 0 saturated carbocycles. The fraction of sp³-hybridized carbons (Fsp3) is 0.350. The highest BCUT2D eigenvalue weighted by molar-refractivity contribution is 5.96. The van der Waals surface area contributed by atoms with Crippen LogP contribution in [0.5, 0.6) is 0 Å². The Bertz CT molecular complexity index is 696. The summed E-state index contributed by atoms with van der Waals surface area (Å²) in [5.41, 5.74) is 2.02. The molecule has 0 bridgehead atoms. The molecule has 126 valence electrons. The van der Waals surface area contributed by atoms with E-state index in [-0.39, 0.29) is 11.7 Å².